The van der Waals surface area contributed by atoms with Crippen molar-refractivity contribution in [2.45, 2.75) is 66.0 Å². The van der Waals surface area contributed by atoms with Gasteiger partial charge < -0.3 is 16.4 Å². The smallest absolute Gasteiger partial charge is 0.242 e. The molecule has 4 N–H and O–H groups in total. The summed E-state index contributed by atoms with van der Waals surface area (Å²) < 4.78 is 0. The molecule has 0 bridgehead atoms. The monoisotopic (exact) mass is 285 g/mol. The van der Waals surface area contributed by atoms with Crippen molar-refractivity contribution in [3.63, 3.8) is 0 Å². The summed E-state index contributed by atoms with van der Waals surface area (Å²) in [6, 6.07) is -0.659. The third kappa shape index (κ3) is 8.91. The van der Waals surface area contributed by atoms with E-state index in [1.54, 1.807) is 7.05 Å². The van der Waals surface area contributed by atoms with Crippen molar-refractivity contribution in [3.8, 4) is 0 Å². The van der Waals surface area contributed by atoms with Crippen molar-refractivity contribution >= 4 is 11.8 Å². The lowest BCUT2D eigenvalue weighted by Crippen LogP contribution is -2.47. The van der Waals surface area contributed by atoms with Gasteiger partial charge in [-0.25, -0.2) is 0 Å². The Morgan fingerprint density at radius 1 is 1.20 bits per heavy atom. The maximum absolute atomic E-state index is 12.0. The normalized spacial score (nSPS) is 14.8. The Kier molecular flexibility index (Phi) is 7.79. The highest BCUT2D eigenvalue weighted by atomic mass is 16.2. The second-order valence-electron chi connectivity index (χ2n) is 7.09. The van der Waals surface area contributed by atoms with Crippen LogP contribution < -0.4 is 16.4 Å². The van der Waals surface area contributed by atoms with Gasteiger partial charge in [-0.15, -0.1) is 0 Å². The highest BCUT2D eigenvalue weighted by Gasteiger charge is 2.23. The van der Waals surface area contributed by atoms with Crippen LogP contribution in [0, 0.1) is 11.3 Å². The lowest BCUT2D eigenvalue weighted by atomic mass is 9.87. The van der Waals surface area contributed by atoms with E-state index in [1.165, 1.54) is 0 Å². The molecule has 0 aliphatic rings. The molecular formula is C15H31N3O2. The standard InChI is InChI=1S/C15H31N3O2/c1-10(2)7-12(14(20)17-6)18-13(19)8-11(16)9-15(3,4)5/h10-12H,7-9,16H2,1-6H3,(H,17,20)(H,18,19). The van der Waals surface area contributed by atoms with Crippen LogP contribution in [0.3, 0.4) is 0 Å². The number of nitrogens with one attached hydrogen (secondary N) is 2. The van der Waals surface area contributed by atoms with Crippen LogP contribution in [-0.2, 0) is 9.59 Å². The molecule has 2 atom stereocenters. The molecule has 0 saturated heterocycles. The molecule has 2 amide bonds. The van der Waals surface area contributed by atoms with Gasteiger partial charge in [0.15, 0.2) is 0 Å². The zero-order chi connectivity index (χ0) is 15.9. The fraction of sp³-hybridized carbons (Fsp3) is 0.867. The van der Waals surface area contributed by atoms with Crippen molar-refractivity contribution < 1.29 is 9.59 Å². The van der Waals surface area contributed by atoms with E-state index in [4.69, 9.17) is 5.73 Å². The van der Waals surface area contributed by atoms with Gasteiger partial charge in [0, 0.05) is 19.5 Å². The molecule has 5 nitrogen and oxygen atoms in total. The predicted octanol–water partition coefficient (Wildman–Crippen LogP) is 1.42. The summed E-state index contributed by atoms with van der Waals surface area (Å²) in [5.74, 6) is 0.0216. The summed E-state index contributed by atoms with van der Waals surface area (Å²) in [5.41, 5.74) is 6.08. The van der Waals surface area contributed by atoms with E-state index in [1.807, 2.05) is 13.8 Å². The number of carbonyl (C=O) groups excluding carboxylic acids is 2. The van der Waals surface area contributed by atoms with E-state index >= 15 is 0 Å². The molecule has 5 heteroatoms. The van der Waals surface area contributed by atoms with Gasteiger partial charge in [0.1, 0.15) is 6.04 Å². The van der Waals surface area contributed by atoms with Crippen molar-refractivity contribution in [2.75, 3.05) is 7.05 Å². The Hall–Kier alpha value is -1.10. The molecule has 0 heterocycles. The van der Waals surface area contributed by atoms with Gasteiger partial charge >= 0.3 is 0 Å². The Morgan fingerprint density at radius 3 is 2.15 bits per heavy atom. The average molecular weight is 285 g/mol. The number of amides is 2. The molecule has 0 aliphatic heterocycles. The van der Waals surface area contributed by atoms with Crippen molar-refractivity contribution in [1.29, 1.82) is 0 Å². The summed E-state index contributed by atoms with van der Waals surface area (Å²) in [6.45, 7) is 10.3. The van der Waals surface area contributed by atoms with E-state index in [2.05, 4.69) is 31.4 Å². The SMILES string of the molecule is CNC(=O)C(CC(C)C)NC(=O)CC(N)CC(C)(C)C. The minimum Gasteiger partial charge on any atom is -0.357 e. The molecule has 2 unspecified atom stereocenters. The third-order valence-electron chi connectivity index (χ3n) is 2.93. The second-order valence-corrected chi connectivity index (χ2v) is 7.09. The number of likely N-dealkylation sites (N-methyl/N-ethyl adjacent to an activating group) is 1. The molecule has 0 aromatic heterocycles. The van der Waals surface area contributed by atoms with E-state index < -0.39 is 6.04 Å². The number of hydrogen-bond acceptors (Lipinski definition) is 3. The van der Waals surface area contributed by atoms with Crippen LogP contribution in [0.2, 0.25) is 0 Å². The topological polar surface area (TPSA) is 84.2 Å². The maximum Gasteiger partial charge on any atom is 0.242 e. The second kappa shape index (κ2) is 8.25. The Morgan fingerprint density at radius 2 is 1.75 bits per heavy atom. The Balaban J connectivity index is 4.42. The molecular weight excluding hydrogens is 254 g/mol. The minimum atomic E-state index is -0.477. The number of carbonyl (C=O) groups is 2. The first-order chi connectivity index (χ1) is 9.05. The molecule has 0 aromatic carbocycles. The van der Waals surface area contributed by atoms with E-state index in [0.29, 0.717) is 12.3 Å². The molecule has 118 valence electrons. The van der Waals surface area contributed by atoms with Gasteiger partial charge in [0.2, 0.25) is 11.8 Å². The van der Waals surface area contributed by atoms with Crippen LogP contribution in [0.1, 0.15) is 53.9 Å². The number of rotatable bonds is 7. The van der Waals surface area contributed by atoms with Gasteiger partial charge in [-0.3, -0.25) is 9.59 Å². The molecule has 0 rings (SSSR count). The lowest BCUT2D eigenvalue weighted by molar-refractivity contribution is -0.129. The van der Waals surface area contributed by atoms with Crippen molar-refractivity contribution in [2.24, 2.45) is 17.1 Å². The largest absolute Gasteiger partial charge is 0.357 e. The molecule has 0 aliphatic carbocycles. The summed E-state index contributed by atoms with van der Waals surface area (Å²) in [5, 5.41) is 5.37. The average Bonchev–Trinajstić information content (AvgIpc) is 2.23. The molecule has 0 fully saturated rings. The van der Waals surface area contributed by atoms with Crippen molar-refractivity contribution in [3.05, 3.63) is 0 Å². The summed E-state index contributed by atoms with van der Waals surface area (Å²) in [6.07, 6.45) is 1.65. The minimum absolute atomic E-state index is 0.0951. The Labute approximate surface area is 123 Å². The third-order valence-corrected chi connectivity index (χ3v) is 2.93. The van der Waals surface area contributed by atoms with Crippen LogP contribution in [-0.4, -0.2) is 30.9 Å². The lowest BCUT2D eigenvalue weighted by Gasteiger charge is -2.24. The first-order valence-electron chi connectivity index (χ1n) is 7.31. The van der Waals surface area contributed by atoms with E-state index in [9.17, 15) is 9.59 Å². The predicted molar refractivity (Wildman–Crippen MR) is 82.1 cm³/mol. The highest BCUT2D eigenvalue weighted by molar-refractivity contribution is 5.87. The molecule has 0 saturated carbocycles. The summed E-state index contributed by atoms with van der Waals surface area (Å²) >= 11 is 0. The zero-order valence-electron chi connectivity index (χ0n) is 13.7. The molecule has 20 heavy (non-hydrogen) atoms. The van der Waals surface area contributed by atoms with E-state index in [0.717, 1.165) is 6.42 Å². The molecule has 0 aromatic rings. The van der Waals surface area contributed by atoms with Gasteiger partial charge in [0.25, 0.3) is 0 Å². The van der Waals surface area contributed by atoms with Crippen LogP contribution in [0.4, 0.5) is 0 Å². The molecule has 0 radical (unpaired) electrons. The van der Waals surface area contributed by atoms with Gasteiger partial charge in [0.05, 0.1) is 0 Å². The first kappa shape index (κ1) is 18.9. The van der Waals surface area contributed by atoms with Crippen LogP contribution in [0.5, 0.6) is 0 Å². The first-order valence-corrected chi connectivity index (χ1v) is 7.31. The fourth-order valence-electron chi connectivity index (χ4n) is 2.23. The maximum atomic E-state index is 12.0. The zero-order valence-corrected chi connectivity index (χ0v) is 13.7. The Bertz CT molecular complexity index is 322. The number of hydrogen-bond donors (Lipinski definition) is 3. The van der Waals surface area contributed by atoms with Gasteiger partial charge in [-0.1, -0.05) is 34.6 Å². The van der Waals surface area contributed by atoms with Gasteiger partial charge in [-0.05, 0) is 24.2 Å². The quantitative estimate of drug-likeness (QED) is 0.661. The molecule has 0 spiro atoms. The van der Waals surface area contributed by atoms with Crippen molar-refractivity contribution in [1.82, 2.24) is 10.6 Å². The van der Waals surface area contributed by atoms with Crippen LogP contribution in [0.25, 0.3) is 0 Å². The fourth-order valence-corrected chi connectivity index (χ4v) is 2.23. The van der Waals surface area contributed by atoms with Crippen LogP contribution in [0.15, 0.2) is 0 Å². The van der Waals surface area contributed by atoms with E-state index in [-0.39, 0.29) is 29.7 Å². The van der Waals surface area contributed by atoms with Gasteiger partial charge in [-0.2, -0.15) is 0 Å². The highest BCUT2D eigenvalue weighted by Crippen LogP contribution is 2.21. The number of nitrogens with two attached hydrogens (primary N) is 1. The van der Waals surface area contributed by atoms with Crippen LogP contribution >= 0.6 is 0 Å². The summed E-state index contributed by atoms with van der Waals surface area (Å²) in [7, 11) is 1.58. The summed E-state index contributed by atoms with van der Waals surface area (Å²) in [4.78, 5) is 23.7.